The minimum absolute atomic E-state index is 0. The van der Waals surface area contributed by atoms with Crippen molar-refractivity contribution in [2.75, 3.05) is 6.61 Å². The molecule has 4 heteroatoms. The van der Waals surface area contributed by atoms with Gasteiger partial charge in [0.05, 0.1) is 6.61 Å². The van der Waals surface area contributed by atoms with Crippen LogP contribution in [0.4, 0.5) is 0 Å². The Hall–Kier alpha value is -0.510. The van der Waals surface area contributed by atoms with Crippen LogP contribution in [0.3, 0.4) is 0 Å². The van der Waals surface area contributed by atoms with Crippen LogP contribution in [0.5, 0.6) is 5.75 Å². The zero-order valence-electron chi connectivity index (χ0n) is 8.49. The average molecular weight is 203 g/mol. The molecule has 0 heterocycles. The number of hydrogen-bond acceptors (Lipinski definition) is 3. The molecule has 0 unspecified atom stereocenters. The van der Waals surface area contributed by atoms with Crippen molar-refractivity contribution >= 4 is 35.5 Å². The standard InChI is InChI=1S/C10H12O3.Na/c1-2-7-13-10(12)8-5-3-4-6-9(8)11;/h3-6,11H,2,7H2,1H3;. The van der Waals surface area contributed by atoms with Gasteiger partial charge in [0.15, 0.2) is 0 Å². The molecule has 0 fully saturated rings. The smallest absolute Gasteiger partial charge is 0.341 e. The topological polar surface area (TPSA) is 46.5 Å². The number of phenols is 1. The molecular formula is C10H12NaO3. The first-order valence-electron chi connectivity index (χ1n) is 4.20. The number of rotatable bonds is 3. The number of aromatic hydroxyl groups is 1. The van der Waals surface area contributed by atoms with Crippen LogP contribution in [0.1, 0.15) is 23.7 Å². The van der Waals surface area contributed by atoms with Gasteiger partial charge in [-0.1, -0.05) is 19.1 Å². The van der Waals surface area contributed by atoms with Crippen molar-refractivity contribution in [1.29, 1.82) is 0 Å². The van der Waals surface area contributed by atoms with E-state index in [0.717, 1.165) is 6.42 Å². The van der Waals surface area contributed by atoms with Gasteiger partial charge in [-0.3, -0.25) is 0 Å². The van der Waals surface area contributed by atoms with Crippen molar-refractivity contribution in [3.63, 3.8) is 0 Å². The fraction of sp³-hybridized carbons (Fsp3) is 0.300. The van der Waals surface area contributed by atoms with Crippen molar-refractivity contribution in [3.05, 3.63) is 29.8 Å². The molecule has 0 saturated carbocycles. The quantitative estimate of drug-likeness (QED) is 0.599. The molecule has 1 radical (unpaired) electrons. The number of benzene rings is 1. The van der Waals surface area contributed by atoms with Crippen LogP contribution in [0.15, 0.2) is 24.3 Å². The molecule has 3 nitrogen and oxygen atoms in total. The molecular weight excluding hydrogens is 191 g/mol. The minimum Gasteiger partial charge on any atom is -0.507 e. The van der Waals surface area contributed by atoms with Crippen LogP contribution in [0.2, 0.25) is 0 Å². The van der Waals surface area contributed by atoms with E-state index in [2.05, 4.69) is 0 Å². The van der Waals surface area contributed by atoms with Crippen LogP contribution in [-0.4, -0.2) is 47.2 Å². The summed E-state index contributed by atoms with van der Waals surface area (Å²) in [5, 5.41) is 9.28. The average Bonchev–Trinajstić information content (AvgIpc) is 2.15. The van der Waals surface area contributed by atoms with Gasteiger partial charge in [0.1, 0.15) is 11.3 Å². The maximum atomic E-state index is 11.2. The maximum absolute atomic E-state index is 11.2. The summed E-state index contributed by atoms with van der Waals surface area (Å²) in [6, 6.07) is 6.34. The Morgan fingerprint density at radius 1 is 1.43 bits per heavy atom. The minimum atomic E-state index is -0.472. The molecule has 0 bridgehead atoms. The normalized spacial score (nSPS) is 8.93. The molecule has 14 heavy (non-hydrogen) atoms. The third-order valence-corrected chi connectivity index (χ3v) is 1.56. The van der Waals surface area contributed by atoms with Crippen LogP contribution >= 0.6 is 0 Å². The number of hydrogen-bond donors (Lipinski definition) is 1. The second-order valence-corrected chi connectivity index (χ2v) is 2.65. The molecule has 0 atom stereocenters. The van der Waals surface area contributed by atoms with Crippen molar-refractivity contribution in [3.8, 4) is 5.75 Å². The second kappa shape index (κ2) is 6.87. The van der Waals surface area contributed by atoms with Crippen molar-refractivity contribution in [2.24, 2.45) is 0 Å². The zero-order valence-corrected chi connectivity index (χ0v) is 10.5. The van der Waals surface area contributed by atoms with Gasteiger partial charge < -0.3 is 9.84 Å². The third kappa shape index (κ3) is 3.70. The van der Waals surface area contributed by atoms with Gasteiger partial charge in [-0.25, -0.2) is 4.79 Å². The fourth-order valence-electron chi connectivity index (χ4n) is 0.919. The van der Waals surface area contributed by atoms with E-state index in [-0.39, 0.29) is 40.9 Å². The molecule has 1 aromatic rings. The summed E-state index contributed by atoms with van der Waals surface area (Å²) in [6.07, 6.45) is 0.777. The first-order chi connectivity index (χ1) is 6.25. The number of carbonyl (C=O) groups excluding carboxylic acids is 1. The van der Waals surface area contributed by atoms with Gasteiger partial charge in [0.2, 0.25) is 0 Å². The summed E-state index contributed by atoms with van der Waals surface area (Å²) in [4.78, 5) is 11.2. The Bertz CT molecular complexity index is 299. The molecule has 1 N–H and O–H groups in total. The number of ether oxygens (including phenoxy) is 1. The fourth-order valence-corrected chi connectivity index (χ4v) is 0.919. The largest absolute Gasteiger partial charge is 0.507 e. The van der Waals surface area contributed by atoms with E-state index >= 15 is 0 Å². The molecule has 0 aliphatic rings. The molecule has 0 aliphatic carbocycles. The molecule has 0 aromatic heterocycles. The number of esters is 1. The van der Waals surface area contributed by atoms with Crippen molar-refractivity contribution in [1.82, 2.24) is 0 Å². The summed E-state index contributed by atoms with van der Waals surface area (Å²) in [6.45, 7) is 2.30. The Morgan fingerprint density at radius 2 is 2.07 bits per heavy atom. The van der Waals surface area contributed by atoms with Crippen LogP contribution in [-0.2, 0) is 4.74 Å². The monoisotopic (exact) mass is 203 g/mol. The van der Waals surface area contributed by atoms with E-state index in [0.29, 0.717) is 6.61 Å². The molecule has 0 spiro atoms. The molecule has 1 aromatic carbocycles. The van der Waals surface area contributed by atoms with E-state index < -0.39 is 5.97 Å². The summed E-state index contributed by atoms with van der Waals surface area (Å²) in [5.41, 5.74) is 0.218. The van der Waals surface area contributed by atoms with E-state index in [1.54, 1.807) is 12.1 Å². The maximum Gasteiger partial charge on any atom is 0.341 e. The molecule has 0 aliphatic heterocycles. The predicted octanol–water partition coefficient (Wildman–Crippen LogP) is 1.58. The predicted molar refractivity (Wildman–Crippen MR) is 54.4 cm³/mol. The van der Waals surface area contributed by atoms with Crippen molar-refractivity contribution in [2.45, 2.75) is 13.3 Å². The first kappa shape index (κ1) is 13.5. The molecule has 0 amide bonds. The van der Waals surface area contributed by atoms with Crippen LogP contribution in [0.25, 0.3) is 0 Å². The van der Waals surface area contributed by atoms with Gasteiger partial charge in [0, 0.05) is 29.6 Å². The summed E-state index contributed by atoms with van der Waals surface area (Å²) >= 11 is 0. The number of phenolic OH excluding ortho intramolecular Hbond substituents is 1. The van der Waals surface area contributed by atoms with E-state index in [1.807, 2.05) is 6.92 Å². The van der Waals surface area contributed by atoms with Crippen molar-refractivity contribution < 1.29 is 14.6 Å². The third-order valence-electron chi connectivity index (χ3n) is 1.56. The number of carbonyl (C=O) groups is 1. The Balaban J connectivity index is 0.00000169. The summed E-state index contributed by atoms with van der Waals surface area (Å²) in [7, 11) is 0. The van der Waals surface area contributed by atoms with Gasteiger partial charge in [0.25, 0.3) is 0 Å². The molecule has 1 rings (SSSR count). The van der Waals surface area contributed by atoms with Crippen LogP contribution < -0.4 is 0 Å². The number of para-hydroxylation sites is 1. The van der Waals surface area contributed by atoms with E-state index in [4.69, 9.17) is 4.74 Å². The van der Waals surface area contributed by atoms with Crippen LogP contribution in [0, 0.1) is 0 Å². The van der Waals surface area contributed by atoms with Gasteiger partial charge in [-0.15, -0.1) is 0 Å². The van der Waals surface area contributed by atoms with Gasteiger partial charge in [-0.2, -0.15) is 0 Å². The summed E-state index contributed by atoms with van der Waals surface area (Å²) < 4.78 is 4.86. The first-order valence-corrected chi connectivity index (χ1v) is 4.20. The Morgan fingerprint density at radius 3 is 2.64 bits per heavy atom. The molecule has 71 valence electrons. The zero-order chi connectivity index (χ0) is 9.68. The Labute approximate surface area is 105 Å². The SMILES string of the molecule is CCCOC(=O)c1ccccc1O.[Na]. The Kier molecular flexibility index (Phi) is 6.62. The van der Waals surface area contributed by atoms with E-state index in [9.17, 15) is 9.90 Å². The van der Waals surface area contributed by atoms with E-state index in [1.165, 1.54) is 12.1 Å². The van der Waals surface area contributed by atoms with Gasteiger partial charge in [-0.05, 0) is 18.6 Å². The molecule has 0 saturated heterocycles. The second-order valence-electron chi connectivity index (χ2n) is 2.65. The van der Waals surface area contributed by atoms with Gasteiger partial charge >= 0.3 is 5.97 Å². The summed E-state index contributed by atoms with van der Waals surface area (Å²) in [5.74, 6) is -0.511.